The van der Waals surface area contributed by atoms with E-state index in [1.165, 1.54) is 71.2 Å². The van der Waals surface area contributed by atoms with Crippen molar-refractivity contribution in [3.05, 3.63) is 164 Å². The maximum absolute atomic E-state index is 6.33. The van der Waals surface area contributed by atoms with Crippen LogP contribution in [0.2, 0.25) is 0 Å². The Balaban J connectivity index is 1.06. The largest absolute Gasteiger partial charge is 0.456 e. The van der Waals surface area contributed by atoms with Crippen molar-refractivity contribution in [1.82, 2.24) is 4.57 Å². The number of hydrogen-bond donors (Lipinski definition) is 0. The number of hydrogen-bond acceptors (Lipinski definition) is 1. The van der Waals surface area contributed by atoms with Crippen LogP contribution in [0.3, 0.4) is 0 Å². The van der Waals surface area contributed by atoms with Crippen molar-refractivity contribution < 1.29 is 4.74 Å². The fourth-order valence-corrected chi connectivity index (χ4v) is 7.42. The first-order chi connectivity index (χ1) is 22.8. The van der Waals surface area contributed by atoms with Gasteiger partial charge in [-0.25, -0.2) is 0 Å². The van der Waals surface area contributed by atoms with Crippen molar-refractivity contribution in [3.8, 4) is 50.6 Å². The van der Waals surface area contributed by atoms with Gasteiger partial charge in [-0.15, -0.1) is 0 Å². The van der Waals surface area contributed by atoms with E-state index < -0.39 is 0 Å². The van der Waals surface area contributed by atoms with Gasteiger partial charge in [0.05, 0.1) is 11.0 Å². The molecule has 0 bridgehead atoms. The average molecular weight is 586 g/mol. The molecule has 0 atom stereocenters. The zero-order chi connectivity index (χ0) is 30.2. The monoisotopic (exact) mass is 585 g/mol. The second-order valence-corrected chi connectivity index (χ2v) is 12.1. The van der Waals surface area contributed by atoms with Crippen LogP contribution in [0.1, 0.15) is 0 Å². The van der Waals surface area contributed by atoms with Gasteiger partial charge in [0.15, 0.2) is 0 Å². The minimum absolute atomic E-state index is 0.904. The van der Waals surface area contributed by atoms with Crippen molar-refractivity contribution in [2.45, 2.75) is 0 Å². The van der Waals surface area contributed by atoms with Gasteiger partial charge < -0.3 is 9.30 Å². The topological polar surface area (TPSA) is 14.2 Å². The summed E-state index contributed by atoms with van der Waals surface area (Å²) in [6, 6.07) is 59.1. The molecule has 0 aliphatic carbocycles. The molecule has 1 aliphatic rings. The van der Waals surface area contributed by atoms with Crippen LogP contribution in [0.25, 0.3) is 82.4 Å². The lowest BCUT2D eigenvalue weighted by atomic mass is 9.92. The van der Waals surface area contributed by atoms with Crippen LogP contribution in [0.4, 0.5) is 0 Å². The van der Waals surface area contributed by atoms with E-state index in [0.29, 0.717) is 0 Å². The number of rotatable bonds is 3. The molecule has 0 saturated heterocycles. The van der Waals surface area contributed by atoms with Gasteiger partial charge in [0, 0.05) is 32.8 Å². The predicted molar refractivity (Wildman–Crippen MR) is 192 cm³/mol. The van der Waals surface area contributed by atoms with Crippen molar-refractivity contribution >= 4 is 43.4 Å². The lowest BCUT2D eigenvalue weighted by Crippen LogP contribution is -1.97. The van der Waals surface area contributed by atoms with Crippen molar-refractivity contribution in [2.75, 3.05) is 0 Å². The lowest BCUT2D eigenvalue weighted by molar-refractivity contribution is 0.487. The second-order valence-electron chi connectivity index (χ2n) is 12.1. The molecule has 0 spiro atoms. The highest BCUT2D eigenvalue weighted by Gasteiger charge is 2.20. The molecule has 0 N–H and O–H groups in total. The third-order valence-electron chi connectivity index (χ3n) is 9.57. The Morgan fingerprint density at radius 3 is 1.96 bits per heavy atom. The van der Waals surface area contributed by atoms with Crippen LogP contribution in [-0.2, 0) is 0 Å². The van der Waals surface area contributed by atoms with E-state index in [0.717, 1.165) is 22.7 Å². The number of para-hydroxylation sites is 1. The summed E-state index contributed by atoms with van der Waals surface area (Å²) >= 11 is 0. The summed E-state index contributed by atoms with van der Waals surface area (Å²) in [5.74, 6) is 1.83. The van der Waals surface area contributed by atoms with Crippen LogP contribution in [0, 0.1) is 0 Å². The summed E-state index contributed by atoms with van der Waals surface area (Å²) < 4.78 is 8.76. The first-order valence-electron chi connectivity index (χ1n) is 15.8. The van der Waals surface area contributed by atoms with Gasteiger partial charge >= 0.3 is 0 Å². The van der Waals surface area contributed by atoms with Gasteiger partial charge in [-0.3, -0.25) is 0 Å². The van der Waals surface area contributed by atoms with E-state index >= 15 is 0 Å². The second kappa shape index (κ2) is 9.69. The maximum atomic E-state index is 6.33. The molecule has 9 aromatic rings. The molecule has 2 heterocycles. The first kappa shape index (κ1) is 25.2. The third kappa shape index (κ3) is 3.71. The van der Waals surface area contributed by atoms with Crippen LogP contribution < -0.4 is 4.74 Å². The number of ether oxygens (including phenoxy) is 1. The molecule has 0 unspecified atom stereocenters. The molecule has 1 aromatic heterocycles. The number of nitrogens with zero attached hydrogens (tertiary/aromatic N) is 1. The molecule has 10 rings (SSSR count). The zero-order valence-corrected chi connectivity index (χ0v) is 24.9. The Morgan fingerprint density at radius 1 is 0.391 bits per heavy atom. The van der Waals surface area contributed by atoms with E-state index in [4.69, 9.17) is 4.74 Å². The fourth-order valence-electron chi connectivity index (χ4n) is 7.42. The highest BCUT2D eigenvalue weighted by atomic mass is 16.5. The van der Waals surface area contributed by atoms with Gasteiger partial charge in [-0.2, -0.15) is 0 Å². The molecular formula is C44H27NO. The van der Waals surface area contributed by atoms with Gasteiger partial charge in [0.25, 0.3) is 0 Å². The van der Waals surface area contributed by atoms with E-state index in [9.17, 15) is 0 Å². The average Bonchev–Trinajstić information content (AvgIpc) is 3.47. The Bertz CT molecular complexity index is 2660. The molecule has 0 radical (unpaired) electrons. The van der Waals surface area contributed by atoms with Gasteiger partial charge in [0.1, 0.15) is 11.5 Å². The van der Waals surface area contributed by atoms with Crippen molar-refractivity contribution in [1.29, 1.82) is 0 Å². The van der Waals surface area contributed by atoms with E-state index in [2.05, 4.69) is 168 Å². The van der Waals surface area contributed by atoms with E-state index in [1.807, 2.05) is 0 Å². The summed E-state index contributed by atoms with van der Waals surface area (Å²) in [5, 5.41) is 7.45. The summed E-state index contributed by atoms with van der Waals surface area (Å²) in [6.07, 6.45) is 0. The molecule has 214 valence electrons. The summed E-state index contributed by atoms with van der Waals surface area (Å²) in [4.78, 5) is 0. The Morgan fingerprint density at radius 2 is 1.09 bits per heavy atom. The molecule has 46 heavy (non-hydrogen) atoms. The molecular weight excluding hydrogens is 558 g/mol. The van der Waals surface area contributed by atoms with Crippen molar-refractivity contribution in [2.24, 2.45) is 0 Å². The zero-order valence-electron chi connectivity index (χ0n) is 24.9. The minimum Gasteiger partial charge on any atom is -0.456 e. The summed E-state index contributed by atoms with van der Waals surface area (Å²) in [7, 11) is 0. The third-order valence-corrected chi connectivity index (χ3v) is 9.57. The normalized spacial score (nSPS) is 12.1. The highest BCUT2D eigenvalue weighted by Crippen LogP contribution is 2.47. The van der Waals surface area contributed by atoms with Gasteiger partial charge in [-0.1, -0.05) is 127 Å². The fraction of sp³-hybridized carbons (Fsp3) is 0. The highest BCUT2D eigenvalue weighted by molar-refractivity contribution is 6.18. The maximum Gasteiger partial charge on any atom is 0.135 e. The quantitative estimate of drug-likeness (QED) is 0.201. The molecule has 0 fully saturated rings. The predicted octanol–water partition coefficient (Wildman–Crippen LogP) is 12.2. The van der Waals surface area contributed by atoms with Gasteiger partial charge in [0.2, 0.25) is 0 Å². The lowest BCUT2D eigenvalue weighted by Gasteiger charge is -2.22. The van der Waals surface area contributed by atoms with Gasteiger partial charge in [-0.05, 0) is 75.0 Å². The van der Waals surface area contributed by atoms with E-state index in [-0.39, 0.29) is 0 Å². The molecule has 0 saturated carbocycles. The Kier molecular flexibility index (Phi) is 5.31. The van der Waals surface area contributed by atoms with Crippen LogP contribution in [0.15, 0.2) is 164 Å². The van der Waals surface area contributed by atoms with Crippen LogP contribution in [-0.4, -0.2) is 4.57 Å². The molecule has 2 nitrogen and oxygen atoms in total. The minimum atomic E-state index is 0.904. The molecule has 2 heteroatoms. The van der Waals surface area contributed by atoms with Crippen LogP contribution >= 0.6 is 0 Å². The number of aromatic nitrogens is 1. The SMILES string of the molecule is c1cc(-c2ccc(-c3ccc4c(c3)-c3cccc5cccc(c35)O4)cc2)cc(-n2c3ccccc3c3ccc4ccccc4c32)c1. The molecule has 1 aliphatic heterocycles. The summed E-state index contributed by atoms with van der Waals surface area (Å²) in [5.41, 5.74) is 10.7. The van der Waals surface area contributed by atoms with Crippen molar-refractivity contribution in [3.63, 3.8) is 0 Å². The first-order valence-corrected chi connectivity index (χ1v) is 15.8. The van der Waals surface area contributed by atoms with Crippen LogP contribution in [0.5, 0.6) is 11.5 Å². The Labute approximate surface area is 266 Å². The summed E-state index contributed by atoms with van der Waals surface area (Å²) in [6.45, 7) is 0. The molecule has 0 amide bonds. The number of benzene rings is 8. The standard InChI is InChI=1S/C44H27NO/c1-2-13-35-30(8-1)22-24-38-36-14-3-4-16-40(36)45(44(35)38)34-12-5-11-32(26-34)28-18-20-29(21-19-28)33-23-25-41-39(27-33)37-15-6-9-31-10-7-17-42(46-41)43(31)37/h1-27H. The van der Waals surface area contributed by atoms with E-state index in [1.54, 1.807) is 0 Å². The molecule has 8 aromatic carbocycles. The number of fused-ring (bicyclic) bond motifs is 7. The smallest absolute Gasteiger partial charge is 0.135 e. The Hall–Kier alpha value is -6.12.